The Hall–Kier alpha value is -4.46. The summed E-state index contributed by atoms with van der Waals surface area (Å²) in [6, 6.07) is 21.4. The van der Waals surface area contributed by atoms with Crippen molar-refractivity contribution in [1.82, 2.24) is 14.5 Å². The van der Waals surface area contributed by atoms with Crippen molar-refractivity contribution in [1.29, 1.82) is 0 Å². The van der Waals surface area contributed by atoms with Gasteiger partial charge in [0.1, 0.15) is 0 Å². The fourth-order valence-corrected chi connectivity index (χ4v) is 4.26. The van der Waals surface area contributed by atoms with Gasteiger partial charge in [-0.15, -0.1) is 0 Å². The van der Waals surface area contributed by atoms with Crippen LogP contribution < -0.4 is 16.6 Å². The number of carbonyl (C=O) groups excluding carboxylic acids is 2. The summed E-state index contributed by atoms with van der Waals surface area (Å²) in [5.74, 6) is -0.428. The average Bonchev–Trinajstić information content (AvgIpc) is 2.87. The van der Waals surface area contributed by atoms with E-state index in [0.717, 1.165) is 15.7 Å². The van der Waals surface area contributed by atoms with E-state index in [0.29, 0.717) is 28.7 Å². The second kappa shape index (κ2) is 10.4. The van der Waals surface area contributed by atoms with Gasteiger partial charge in [-0.1, -0.05) is 42.5 Å². The van der Waals surface area contributed by atoms with Crippen LogP contribution in [-0.2, 0) is 17.9 Å². The minimum absolute atomic E-state index is 0.177. The van der Waals surface area contributed by atoms with Crippen molar-refractivity contribution in [2.45, 2.75) is 39.9 Å². The second-order valence-corrected chi connectivity index (χ2v) is 8.64. The summed E-state index contributed by atoms with van der Waals surface area (Å²) >= 11 is 0. The Kier molecular flexibility index (Phi) is 7.15. The standard InChI is InChI=1S/C28H28N4O4/c1-4-31-27(35)24-14-13-22(16-25(24)30-28(31)36)26(34)32(17-20-9-6-5-7-10-20)18(2)21-11-8-12-23(15-21)29-19(3)33/h5-16,18H,4,17H2,1-3H3,(H,29,33)(H,30,36). The van der Waals surface area contributed by atoms with Crippen molar-refractivity contribution in [3.05, 3.63) is 110 Å². The molecule has 0 saturated heterocycles. The highest BCUT2D eigenvalue weighted by molar-refractivity contribution is 5.98. The molecular formula is C28H28N4O4. The molecule has 184 valence electrons. The van der Waals surface area contributed by atoms with Crippen LogP contribution in [-0.4, -0.2) is 26.3 Å². The maximum atomic E-state index is 13.8. The Balaban J connectivity index is 1.76. The number of aromatic amines is 1. The lowest BCUT2D eigenvalue weighted by atomic mass is 10.0. The first-order chi connectivity index (χ1) is 17.3. The number of nitrogens with zero attached hydrogens (tertiary/aromatic N) is 2. The van der Waals surface area contributed by atoms with Crippen LogP contribution in [0.1, 0.15) is 48.3 Å². The van der Waals surface area contributed by atoms with Gasteiger partial charge in [-0.05, 0) is 55.3 Å². The van der Waals surface area contributed by atoms with E-state index in [-0.39, 0.29) is 30.0 Å². The monoisotopic (exact) mass is 484 g/mol. The maximum absolute atomic E-state index is 13.8. The predicted octanol–water partition coefficient (Wildman–Crippen LogP) is 4.07. The number of benzene rings is 3. The van der Waals surface area contributed by atoms with E-state index in [1.165, 1.54) is 6.92 Å². The molecule has 2 N–H and O–H groups in total. The molecule has 1 aromatic heterocycles. The number of rotatable bonds is 7. The average molecular weight is 485 g/mol. The topological polar surface area (TPSA) is 104 Å². The minimum atomic E-state index is -0.510. The number of H-pyrrole nitrogens is 1. The molecule has 4 aromatic rings. The van der Waals surface area contributed by atoms with Crippen LogP contribution in [0.3, 0.4) is 0 Å². The summed E-state index contributed by atoms with van der Waals surface area (Å²) < 4.78 is 1.12. The van der Waals surface area contributed by atoms with E-state index in [9.17, 15) is 19.2 Å². The molecule has 0 radical (unpaired) electrons. The van der Waals surface area contributed by atoms with Crippen molar-refractivity contribution in [3.8, 4) is 0 Å². The summed E-state index contributed by atoms with van der Waals surface area (Å²) in [4.78, 5) is 54.8. The summed E-state index contributed by atoms with van der Waals surface area (Å²) in [6.07, 6.45) is 0. The van der Waals surface area contributed by atoms with Gasteiger partial charge in [0.2, 0.25) is 5.91 Å². The van der Waals surface area contributed by atoms with Gasteiger partial charge in [0, 0.05) is 31.3 Å². The molecule has 3 aromatic carbocycles. The molecule has 0 aliphatic heterocycles. The van der Waals surface area contributed by atoms with E-state index < -0.39 is 5.69 Å². The second-order valence-electron chi connectivity index (χ2n) is 8.64. The summed E-state index contributed by atoms with van der Waals surface area (Å²) in [7, 11) is 0. The molecule has 1 unspecified atom stereocenters. The molecule has 4 rings (SSSR count). The van der Waals surface area contributed by atoms with E-state index >= 15 is 0 Å². The largest absolute Gasteiger partial charge is 0.328 e. The molecule has 1 atom stereocenters. The molecule has 0 bridgehead atoms. The van der Waals surface area contributed by atoms with Gasteiger partial charge in [0.15, 0.2) is 0 Å². The van der Waals surface area contributed by atoms with Crippen LogP contribution >= 0.6 is 0 Å². The van der Waals surface area contributed by atoms with Gasteiger partial charge in [0.25, 0.3) is 11.5 Å². The maximum Gasteiger partial charge on any atom is 0.328 e. The molecule has 0 aliphatic rings. The Labute approximate surface area is 208 Å². The summed E-state index contributed by atoms with van der Waals surface area (Å²) in [6.45, 7) is 5.70. The van der Waals surface area contributed by atoms with E-state index in [2.05, 4.69) is 10.3 Å². The molecule has 1 heterocycles. The van der Waals surface area contributed by atoms with E-state index in [1.807, 2.05) is 55.5 Å². The molecule has 0 spiro atoms. The molecule has 36 heavy (non-hydrogen) atoms. The molecule has 0 fully saturated rings. The number of nitrogens with one attached hydrogen (secondary N) is 2. The molecule has 0 aliphatic carbocycles. The molecule has 8 nitrogen and oxygen atoms in total. The lowest BCUT2D eigenvalue weighted by molar-refractivity contribution is -0.114. The highest BCUT2D eigenvalue weighted by Crippen LogP contribution is 2.27. The van der Waals surface area contributed by atoms with Crippen LogP contribution in [0, 0.1) is 0 Å². The number of carbonyl (C=O) groups is 2. The van der Waals surface area contributed by atoms with Gasteiger partial charge in [-0.3, -0.25) is 19.0 Å². The first kappa shape index (κ1) is 24.7. The van der Waals surface area contributed by atoms with Crippen molar-refractivity contribution in [2.75, 3.05) is 5.32 Å². The summed E-state index contributed by atoms with van der Waals surface area (Å²) in [5.41, 5.74) is 2.23. The Morgan fingerprint density at radius 3 is 2.44 bits per heavy atom. The minimum Gasteiger partial charge on any atom is -0.328 e. The van der Waals surface area contributed by atoms with Crippen LogP contribution in [0.15, 0.2) is 82.4 Å². The van der Waals surface area contributed by atoms with E-state index in [4.69, 9.17) is 0 Å². The van der Waals surface area contributed by atoms with Gasteiger partial charge in [-0.25, -0.2) is 4.79 Å². The smallest absolute Gasteiger partial charge is 0.328 e. The molecule has 2 amide bonds. The van der Waals surface area contributed by atoms with Crippen molar-refractivity contribution >= 4 is 28.4 Å². The van der Waals surface area contributed by atoms with Gasteiger partial charge in [-0.2, -0.15) is 0 Å². The normalized spacial score (nSPS) is 11.8. The third kappa shape index (κ3) is 5.12. The predicted molar refractivity (Wildman–Crippen MR) is 140 cm³/mol. The zero-order valence-electron chi connectivity index (χ0n) is 20.4. The molecular weight excluding hydrogens is 456 g/mol. The summed E-state index contributed by atoms with van der Waals surface area (Å²) in [5, 5.41) is 3.13. The van der Waals surface area contributed by atoms with E-state index in [1.54, 1.807) is 36.1 Å². The zero-order valence-corrected chi connectivity index (χ0v) is 20.4. The van der Waals surface area contributed by atoms with Crippen molar-refractivity contribution in [3.63, 3.8) is 0 Å². The van der Waals surface area contributed by atoms with Crippen LogP contribution in [0.5, 0.6) is 0 Å². The molecule has 0 saturated carbocycles. The van der Waals surface area contributed by atoms with Crippen molar-refractivity contribution < 1.29 is 9.59 Å². The van der Waals surface area contributed by atoms with Crippen LogP contribution in [0.4, 0.5) is 5.69 Å². The third-order valence-corrected chi connectivity index (χ3v) is 6.16. The Bertz CT molecular complexity index is 1540. The number of hydrogen-bond donors (Lipinski definition) is 2. The highest BCUT2D eigenvalue weighted by atomic mass is 16.2. The number of amides is 2. The lowest BCUT2D eigenvalue weighted by Crippen LogP contribution is -2.35. The Morgan fingerprint density at radius 1 is 1.00 bits per heavy atom. The fraction of sp³-hybridized carbons (Fsp3) is 0.214. The highest BCUT2D eigenvalue weighted by Gasteiger charge is 2.24. The van der Waals surface area contributed by atoms with Gasteiger partial charge in [0.05, 0.1) is 16.9 Å². The number of hydrogen-bond acceptors (Lipinski definition) is 4. The van der Waals surface area contributed by atoms with Crippen LogP contribution in [0.25, 0.3) is 10.9 Å². The lowest BCUT2D eigenvalue weighted by Gasteiger charge is -2.30. The third-order valence-electron chi connectivity index (χ3n) is 6.16. The Morgan fingerprint density at radius 2 is 1.75 bits per heavy atom. The van der Waals surface area contributed by atoms with Gasteiger partial charge < -0.3 is 15.2 Å². The number of aromatic nitrogens is 2. The first-order valence-corrected chi connectivity index (χ1v) is 11.8. The quantitative estimate of drug-likeness (QED) is 0.413. The zero-order chi connectivity index (χ0) is 25.8. The fourth-order valence-electron chi connectivity index (χ4n) is 4.26. The molecule has 8 heteroatoms. The first-order valence-electron chi connectivity index (χ1n) is 11.8. The van der Waals surface area contributed by atoms with Crippen molar-refractivity contribution in [2.24, 2.45) is 0 Å². The van der Waals surface area contributed by atoms with Crippen LogP contribution in [0.2, 0.25) is 0 Å². The SMILES string of the molecule is CCn1c(=O)[nH]c2cc(C(=O)N(Cc3ccccc3)C(C)c3cccc(NC(C)=O)c3)ccc2c1=O. The van der Waals surface area contributed by atoms with Gasteiger partial charge >= 0.3 is 5.69 Å². The number of anilines is 1. The number of fused-ring (bicyclic) bond motifs is 1.